The van der Waals surface area contributed by atoms with Gasteiger partial charge >= 0.3 is 0 Å². The number of fused-ring (bicyclic) bond motifs is 1. The van der Waals surface area contributed by atoms with Crippen molar-refractivity contribution in [1.82, 2.24) is 25.5 Å². The van der Waals surface area contributed by atoms with E-state index in [4.69, 9.17) is 10.7 Å². The van der Waals surface area contributed by atoms with E-state index in [-0.39, 0.29) is 41.9 Å². The van der Waals surface area contributed by atoms with Crippen molar-refractivity contribution in [3.63, 3.8) is 0 Å². The Balaban J connectivity index is 1.08. The molecule has 3 aromatic rings. The van der Waals surface area contributed by atoms with Crippen LogP contribution >= 0.6 is 0 Å². The number of hydrogen-bond donors (Lipinski definition) is 4. The Morgan fingerprint density at radius 1 is 1.15 bits per heavy atom. The highest BCUT2D eigenvalue weighted by Gasteiger charge is 2.39. The fraction of sp³-hybridized carbons (Fsp3) is 0.412. The van der Waals surface area contributed by atoms with Crippen LogP contribution in [0.4, 0.5) is 16.0 Å². The SMILES string of the molecule is CN=C(c1cc(-c2ccnc(N[C@H]3CC[C@H](NCc4cccc5c4CN(C4CCC(=O)NC4=O)C5=O)C3)n2)cc(F)c1N)C(C)C. The molecule has 2 fully saturated rings. The zero-order valence-corrected chi connectivity index (χ0v) is 26.3. The maximum Gasteiger partial charge on any atom is 0.255 e. The number of rotatable bonds is 9. The highest BCUT2D eigenvalue weighted by molar-refractivity contribution is 6.07. The molecule has 3 heterocycles. The second-order valence-electron chi connectivity index (χ2n) is 12.5. The zero-order chi connectivity index (χ0) is 32.5. The number of benzene rings is 2. The number of nitrogen functional groups attached to an aromatic ring is 1. The lowest BCUT2D eigenvalue weighted by molar-refractivity contribution is -0.136. The number of hydrogen-bond acceptors (Lipinski definition) is 9. The number of aromatic nitrogens is 2. The number of nitrogens with one attached hydrogen (secondary N) is 3. The lowest BCUT2D eigenvalue weighted by Crippen LogP contribution is -2.52. The van der Waals surface area contributed by atoms with E-state index >= 15 is 0 Å². The summed E-state index contributed by atoms with van der Waals surface area (Å²) >= 11 is 0. The molecular weight excluding hydrogens is 587 g/mol. The number of halogens is 1. The van der Waals surface area contributed by atoms with Gasteiger partial charge < -0.3 is 21.3 Å². The molecule has 11 nitrogen and oxygen atoms in total. The fourth-order valence-corrected chi connectivity index (χ4v) is 6.81. The maximum absolute atomic E-state index is 14.9. The van der Waals surface area contributed by atoms with Crippen molar-refractivity contribution in [3.8, 4) is 11.3 Å². The van der Waals surface area contributed by atoms with Crippen molar-refractivity contribution in [3.05, 3.63) is 70.7 Å². The first-order valence-electron chi connectivity index (χ1n) is 15.8. The minimum Gasteiger partial charge on any atom is -0.396 e. The van der Waals surface area contributed by atoms with Gasteiger partial charge in [0.2, 0.25) is 17.8 Å². The molecule has 5 N–H and O–H groups in total. The van der Waals surface area contributed by atoms with Crippen molar-refractivity contribution >= 4 is 35.1 Å². The number of aliphatic imine (C=N–C) groups is 1. The second-order valence-corrected chi connectivity index (χ2v) is 12.5. The summed E-state index contributed by atoms with van der Waals surface area (Å²) in [6, 6.07) is 10.4. The van der Waals surface area contributed by atoms with E-state index in [1.165, 1.54) is 6.07 Å². The lowest BCUT2D eigenvalue weighted by Gasteiger charge is -2.29. The summed E-state index contributed by atoms with van der Waals surface area (Å²) < 4.78 is 14.9. The number of carbonyl (C=O) groups is 3. The standard InChI is InChI=1S/C34H39FN8O3/c1-18(2)31(37-3)24-13-20(14-26(35)30(24)36)27-11-12-38-34(41-27)40-22-8-7-21(15-22)39-16-19-5-4-6-23-25(19)17-43(33(23)46)28-9-10-29(44)42-32(28)45/h4-6,11-14,18,21-22,28,39H,7-10,15-17,36H2,1-3H3,(H,38,40,41)(H,42,44,45)/t21-,22-,28?/m0/s1. The van der Waals surface area contributed by atoms with E-state index in [0.717, 1.165) is 36.1 Å². The third kappa shape index (κ3) is 6.21. The molecule has 0 bridgehead atoms. The highest BCUT2D eigenvalue weighted by Crippen LogP contribution is 2.31. The van der Waals surface area contributed by atoms with Gasteiger partial charge in [0.05, 0.1) is 11.4 Å². The van der Waals surface area contributed by atoms with Crippen LogP contribution < -0.4 is 21.7 Å². The Bertz CT molecular complexity index is 1720. The molecule has 2 aliphatic heterocycles. The predicted octanol–water partition coefficient (Wildman–Crippen LogP) is 3.82. The number of piperidine rings is 1. The summed E-state index contributed by atoms with van der Waals surface area (Å²) in [4.78, 5) is 52.3. The van der Waals surface area contributed by atoms with Gasteiger partial charge in [0, 0.05) is 67.2 Å². The van der Waals surface area contributed by atoms with Crippen molar-refractivity contribution in [2.45, 2.75) is 77.2 Å². The molecule has 6 rings (SSSR count). The van der Waals surface area contributed by atoms with Gasteiger partial charge in [0.15, 0.2) is 0 Å². The molecular formula is C34H39FN8O3. The van der Waals surface area contributed by atoms with Crippen molar-refractivity contribution in [2.75, 3.05) is 18.1 Å². The summed E-state index contributed by atoms with van der Waals surface area (Å²) in [5, 5.41) is 9.46. The summed E-state index contributed by atoms with van der Waals surface area (Å²) in [5.41, 5.74) is 11.2. The number of carbonyl (C=O) groups excluding carboxylic acids is 3. The van der Waals surface area contributed by atoms with Gasteiger partial charge in [-0.2, -0.15) is 0 Å². The van der Waals surface area contributed by atoms with E-state index < -0.39 is 17.8 Å². The molecule has 2 aromatic carbocycles. The smallest absolute Gasteiger partial charge is 0.255 e. The Kier molecular flexibility index (Phi) is 8.81. The van der Waals surface area contributed by atoms with Crippen LogP contribution in [0.25, 0.3) is 11.3 Å². The molecule has 3 aliphatic rings. The van der Waals surface area contributed by atoms with Crippen molar-refractivity contribution in [2.24, 2.45) is 10.9 Å². The van der Waals surface area contributed by atoms with Gasteiger partial charge in [-0.15, -0.1) is 0 Å². The molecule has 1 aromatic heterocycles. The molecule has 1 saturated heterocycles. The molecule has 0 radical (unpaired) electrons. The van der Waals surface area contributed by atoms with Crippen LogP contribution in [0.5, 0.6) is 0 Å². The van der Waals surface area contributed by atoms with Gasteiger partial charge in [0.1, 0.15) is 11.9 Å². The van der Waals surface area contributed by atoms with Gasteiger partial charge in [-0.1, -0.05) is 26.0 Å². The molecule has 1 saturated carbocycles. The van der Waals surface area contributed by atoms with E-state index in [1.807, 2.05) is 32.0 Å². The number of imide groups is 1. The zero-order valence-electron chi connectivity index (χ0n) is 26.3. The molecule has 240 valence electrons. The van der Waals surface area contributed by atoms with E-state index in [2.05, 4.69) is 25.9 Å². The third-order valence-electron chi connectivity index (χ3n) is 9.17. The molecule has 46 heavy (non-hydrogen) atoms. The Morgan fingerprint density at radius 2 is 1.96 bits per heavy atom. The second kappa shape index (κ2) is 13.0. The van der Waals surface area contributed by atoms with Crippen LogP contribution in [0.15, 0.2) is 47.6 Å². The highest BCUT2D eigenvalue weighted by atomic mass is 19.1. The van der Waals surface area contributed by atoms with Gasteiger partial charge in [-0.25, -0.2) is 14.4 Å². The Morgan fingerprint density at radius 3 is 2.72 bits per heavy atom. The first kappa shape index (κ1) is 31.3. The number of nitrogens with zero attached hydrogens (tertiary/aromatic N) is 4. The van der Waals surface area contributed by atoms with E-state index in [9.17, 15) is 18.8 Å². The maximum atomic E-state index is 14.9. The van der Waals surface area contributed by atoms with Gasteiger partial charge in [0.25, 0.3) is 5.91 Å². The van der Waals surface area contributed by atoms with Gasteiger partial charge in [-0.3, -0.25) is 24.7 Å². The topological polar surface area (TPSA) is 155 Å². The van der Waals surface area contributed by atoms with E-state index in [0.29, 0.717) is 47.8 Å². The minimum absolute atomic E-state index is 0.0753. The molecule has 0 spiro atoms. The summed E-state index contributed by atoms with van der Waals surface area (Å²) in [6.45, 7) is 4.93. The van der Waals surface area contributed by atoms with Crippen molar-refractivity contribution in [1.29, 1.82) is 0 Å². The summed E-state index contributed by atoms with van der Waals surface area (Å²) in [7, 11) is 1.68. The molecule has 1 unspecified atom stereocenters. The summed E-state index contributed by atoms with van der Waals surface area (Å²) in [6.07, 6.45) is 4.96. The lowest BCUT2D eigenvalue weighted by atomic mass is 9.95. The fourth-order valence-electron chi connectivity index (χ4n) is 6.81. The molecule has 3 amide bonds. The summed E-state index contributed by atoms with van der Waals surface area (Å²) in [5.74, 6) is -0.838. The average Bonchev–Trinajstić information content (AvgIpc) is 3.62. The predicted molar refractivity (Wildman–Crippen MR) is 174 cm³/mol. The quantitative estimate of drug-likeness (QED) is 0.159. The van der Waals surface area contributed by atoms with Crippen LogP contribution in [0.1, 0.15) is 73.0 Å². The first-order valence-corrected chi connectivity index (χ1v) is 15.8. The van der Waals surface area contributed by atoms with Crippen LogP contribution in [-0.2, 0) is 22.7 Å². The van der Waals surface area contributed by atoms with Crippen LogP contribution in [0.3, 0.4) is 0 Å². The monoisotopic (exact) mass is 626 g/mol. The van der Waals surface area contributed by atoms with Crippen LogP contribution in [0, 0.1) is 11.7 Å². The van der Waals surface area contributed by atoms with Crippen molar-refractivity contribution < 1.29 is 18.8 Å². The first-order chi connectivity index (χ1) is 22.1. The molecule has 1 aliphatic carbocycles. The number of anilines is 2. The Hall–Kier alpha value is -4.71. The number of nitrogens with two attached hydrogens (primary N) is 1. The van der Waals surface area contributed by atoms with Gasteiger partial charge in [-0.05, 0) is 67.0 Å². The molecule has 12 heteroatoms. The third-order valence-corrected chi connectivity index (χ3v) is 9.17. The molecule has 3 atom stereocenters. The normalized spacial score (nSPS) is 21.6. The Labute approximate surface area is 267 Å². The van der Waals surface area contributed by atoms with Crippen LogP contribution in [0.2, 0.25) is 0 Å². The van der Waals surface area contributed by atoms with E-state index in [1.54, 1.807) is 30.3 Å². The minimum atomic E-state index is -0.635. The van der Waals surface area contributed by atoms with Crippen LogP contribution in [-0.4, -0.2) is 63.5 Å². The number of amides is 3. The average molecular weight is 627 g/mol. The largest absolute Gasteiger partial charge is 0.396 e.